The van der Waals surface area contributed by atoms with Crippen LogP contribution in [0.2, 0.25) is 0 Å². The molecule has 0 saturated carbocycles. The van der Waals surface area contributed by atoms with Gasteiger partial charge >= 0.3 is 5.97 Å². The molecule has 2 aliphatic carbocycles. The standard InChI is InChI=1S/C29H39N3O10/c1-32-11-8-29-15-5-7-18(40-28-23(36)21(34)22(35)25(42-28)27(37)38)26(29)41-24-17(6-4-14(20(24)29)12-16(15)32)39-13-19(33)31-10-3-2-9-30/h4-7,15-16,18,21-23,25-26,28,34-36H,2-3,8-13,30H2,1H3,(H,31,33)(H,37,38)/t15?,16-,18+,21?,22?,23?,25?,26+,28?,29+/m1/s1. The van der Waals surface area contributed by atoms with Crippen molar-refractivity contribution in [1.82, 2.24) is 10.2 Å². The molecular weight excluding hydrogens is 550 g/mol. The van der Waals surface area contributed by atoms with E-state index in [9.17, 15) is 30.0 Å². The quantitative estimate of drug-likeness (QED) is 0.139. The van der Waals surface area contributed by atoms with Crippen LogP contribution in [0.1, 0.15) is 30.4 Å². The van der Waals surface area contributed by atoms with Crippen molar-refractivity contribution in [3.63, 3.8) is 0 Å². The minimum absolute atomic E-state index is 0.0901. The lowest BCUT2D eigenvalue weighted by Crippen LogP contribution is -2.66. The highest BCUT2D eigenvalue weighted by molar-refractivity contribution is 5.77. The second-order valence-corrected chi connectivity index (χ2v) is 11.9. The van der Waals surface area contributed by atoms with Crippen LogP contribution in [-0.2, 0) is 30.9 Å². The zero-order valence-electron chi connectivity index (χ0n) is 23.4. The number of amides is 1. The molecular formula is C29H39N3O10. The Morgan fingerprint density at radius 2 is 1.98 bits per heavy atom. The van der Waals surface area contributed by atoms with E-state index in [4.69, 9.17) is 24.7 Å². The average molecular weight is 590 g/mol. The Hall–Kier alpha value is -2.78. The van der Waals surface area contributed by atoms with Crippen molar-refractivity contribution < 1.29 is 49.0 Å². The molecule has 1 aromatic rings. The molecule has 6 rings (SSSR count). The summed E-state index contributed by atoms with van der Waals surface area (Å²) >= 11 is 0. The molecule has 0 aromatic heterocycles. The maximum absolute atomic E-state index is 12.4. The van der Waals surface area contributed by atoms with Crippen molar-refractivity contribution in [2.45, 2.75) is 80.1 Å². The van der Waals surface area contributed by atoms with E-state index in [1.54, 1.807) is 0 Å². The van der Waals surface area contributed by atoms with Gasteiger partial charge in [0.25, 0.3) is 5.91 Å². The highest BCUT2D eigenvalue weighted by Crippen LogP contribution is 2.62. The molecule has 5 aliphatic rings. The average Bonchev–Trinajstić information content (AvgIpc) is 3.32. The summed E-state index contributed by atoms with van der Waals surface area (Å²) in [6, 6.07) is 4.07. The second-order valence-electron chi connectivity index (χ2n) is 11.9. The van der Waals surface area contributed by atoms with Crippen LogP contribution in [0.3, 0.4) is 0 Å². The van der Waals surface area contributed by atoms with Gasteiger partial charge in [-0.3, -0.25) is 4.79 Å². The van der Waals surface area contributed by atoms with E-state index in [1.165, 1.54) is 0 Å². The summed E-state index contributed by atoms with van der Waals surface area (Å²) < 4.78 is 24.3. The number of piperidine rings is 1. The Balaban J connectivity index is 1.28. The topological polar surface area (TPSA) is 193 Å². The van der Waals surface area contributed by atoms with E-state index < -0.39 is 54.3 Å². The summed E-state index contributed by atoms with van der Waals surface area (Å²) in [6.45, 7) is 1.71. The number of likely N-dealkylation sites (tertiary alicyclic amines) is 1. The van der Waals surface area contributed by atoms with Crippen LogP contribution in [-0.4, -0.2) is 119 Å². The number of carboxylic acid groups (broad SMARTS) is 1. The van der Waals surface area contributed by atoms with E-state index in [2.05, 4.69) is 23.3 Å². The first-order valence-electron chi connectivity index (χ1n) is 14.6. The maximum Gasteiger partial charge on any atom is 0.335 e. The summed E-state index contributed by atoms with van der Waals surface area (Å²) in [6.07, 6.45) is -2.82. The third-order valence-corrected chi connectivity index (χ3v) is 9.53. The molecule has 2 saturated heterocycles. The monoisotopic (exact) mass is 589 g/mol. The first-order chi connectivity index (χ1) is 20.2. The van der Waals surface area contributed by atoms with Gasteiger partial charge in [-0.1, -0.05) is 18.2 Å². The molecule has 1 amide bonds. The van der Waals surface area contributed by atoms with Gasteiger partial charge in [0.1, 0.15) is 30.5 Å². The number of nitrogens with zero attached hydrogens (tertiary/aromatic N) is 1. The van der Waals surface area contributed by atoms with Gasteiger partial charge in [-0.25, -0.2) is 4.79 Å². The fourth-order valence-corrected chi connectivity index (χ4v) is 7.45. The molecule has 1 spiro atoms. The van der Waals surface area contributed by atoms with Crippen LogP contribution in [0.5, 0.6) is 11.5 Å². The number of unbranched alkanes of at least 4 members (excludes halogenated alkanes) is 1. The molecule has 7 N–H and O–H groups in total. The van der Waals surface area contributed by atoms with Gasteiger partial charge in [-0.15, -0.1) is 0 Å². The SMILES string of the molecule is CN1CC[C@]23c4c5ccc(OCC(=O)NCCCCN)c4O[C@H]2[C@@H](OC2OC(C(=O)O)C(O)C(O)C2O)C=CC3[C@H]1C5. The van der Waals surface area contributed by atoms with Crippen LogP contribution < -0.4 is 20.5 Å². The van der Waals surface area contributed by atoms with Crippen LogP contribution in [0.15, 0.2) is 24.3 Å². The summed E-state index contributed by atoms with van der Waals surface area (Å²) in [5.74, 6) is -0.634. The van der Waals surface area contributed by atoms with Crippen LogP contribution in [0.25, 0.3) is 0 Å². The highest BCUT2D eigenvalue weighted by atomic mass is 16.7. The third-order valence-electron chi connectivity index (χ3n) is 9.53. The van der Waals surface area contributed by atoms with Gasteiger partial charge in [-0.2, -0.15) is 0 Å². The summed E-state index contributed by atoms with van der Waals surface area (Å²) in [5, 5.41) is 43.4. The number of nitrogens with one attached hydrogen (secondary N) is 1. The normalized spacial score (nSPS) is 38.0. The van der Waals surface area contributed by atoms with Crippen molar-refractivity contribution in [1.29, 1.82) is 0 Å². The number of hydrogen-bond donors (Lipinski definition) is 6. The highest BCUT2D eigenvalue weighted by Gasteiger charge is 2.65. The Morgan fingerprint density at radius 3 is 2.74 bits per heavy atom. The Morgan fingerprint density at radius 1 is 1.17 bits per heavy atom. The van der Waals surface area contributed by atoms with E-state index >= 15 is 0 Å². The molecule has 1 aromatic carbocycles. The molecule has 13 heteroatoms. The molecule has 13 nitrogen and oxygen atoms in total. The zero-order valence-corrected chi connectivity index (χ0v) is 23.4. The number of aliphatic carboxylic acids is 1. The number of carbonyl (C=O) groups is 2. The fraction of sp³-hybridized carbons (Fsp3) is 0.655. The van der Waals surface area contributed by atoms with Crippen molar-refractivity contribution in [2.75, 3.05) is 33.3 Å². The van der Waals surface area contributed by atoms with Crippen molar-refractivity contribution in [3.8, 4) is 11.5 Å². The lowest BCUT2D eigenvalue weighted by Gasteiger charge is -2.57. The van der Waals surface area contributed by atoms with E-state index in [-0.39, 0.29) is 24.5 Å². The smallest absolute Gasteiger partial charge is 0.335 e. The van der Waals surface area contributed by atoms with Crippen molar-refractivity contribution >= 4 is 11.9 Å². The number of ether oxygens (including phenoxy) is 4. The fourth-order valence-electron chi connectivity index (χ4n) is 7.45. The zero-order chi connectivity index (χ0) is 29.8. The Bertz CT molecular complexity index is 1240. The third kappa shape index (κ3) is 4.67. The largest absolute Gasteiger partial charge is 0.482 e. The van der Waals surface area contributed by atoms with Gasteiger partial charge < -0.3 is 55.3 Å². The number of carbonyl (C=O) groups excluding carboxylic acids is 1. The molecule has 10 atom stereocenters. The minimum atomic E-state index is -1.82. The van der Waals surface area contributed by atoms with Crippen LogP contribution >= 0.6 is 0 Å². The van der Waals surface area contributed by atoms with Gasteiger partial charge in [0.05, 0.1) is 0 Å². The first kappa shape index (κ1) is 29.3. The van der Waals surface area contributed by atoms with Crippen molar-refractivity contribution in [3.05, 3.63) is 35.4 Å². The van der Waals surface area contributed by atoms with Gasteiger partial charge in [-0.05, 0) is 57.5 Å². The van der Waals surface area contributed by atoms with Crippen LogP contribution in [0, 0.1) is 5.92 Å². The van der Waals surface area contributed by atoms with Gasteiger partial charge in [0.2, 0.25) is 0 Å². The summed E-state index contributed by atoms with van der Waals surface area (Å²) in [5.41, 5.74) is 7.19. The predicted octanol–water partition coefficient (Wildman–Crippen LogP) is -1.36. The predicted molar refractivity (Wildman–Crippen MR) is 146 cm³/mol. The first-order valence-corrected chi connectivity index (χ1v) is 14.6. The number of likely N-dealkylation sites (N-methyl/N-ethyl adjacent to an activating group) is 1. The van der Waals surface area contributed by atoms with E-state index in [0.29, 0.717) is 24.6 Å². The molecule has 42 heavy (non-hydrogen) atoms. The van der Waals surface area contributed by atoms with Crippen LogP contribution in [0.4, 0.5) is 0 Å². The number of carboxylic acids is 1. The summed E-state index contributed by atoms with van der Waals surface area (Å²) in [7, 11) is 2.11. The number of benzene rings is 1. The molecule has 3 aliphatic heterocycles. The lowest BCUT2D eigenvalue weighted by molar-refractivity contribution is -0.307. The molecule has 230 valence electrons. The van der Waals surface area contributed by atoms with Gasteiger partial charge in [0.15, 0.2) is 30.5 Å². The molecule has 2 bridgehead atoms. The number of rotatable bonds is 10. The van der Waals surface area contributed by atoms with Gasteiger partial charge in [0, 0.05) is 29.5 Å². The molecule has 6 unspecified atom stereocenters. The molecule has 3 heterocycles. The molecule has 2 fully saturated rings. The number of aliphatic hydroxyl groups excluding tert-OH is 3. The number of aliphatic hydroxyl groups is 3. The number of nitrogens with two attached hydrogens (primary N) is 1. The Kier molecular flexibility index (Phi) is 7.94. The maximum atomic E-state index is 12.4. The lowest BCUT2D eigenvalue weighted by atomic mass is 9.53. The van der Waals surface area contributed by atoms with E-state index in [1.807, 2.05) is 18.2 Å². The Labute approximate surface area is 243 Å². The summed E-state index contributed by atoms with van der Waals surface area (Å²) in [4.78, 5) is 26.4. The minimum Gasteiger partial charge on any atom is -0.482 e. The van der Waals surface area contributed by atoms with Crippen molar-refractivity contribution in [2.24, 2.45) is 11.7 Å². The second kappa shape index (κ2) is 11.4. The number of hydrogen-bond acceptors (Lipinski definition) is 11. The van der Waals surface area contributed by atoms with E-state index in [0.717, 1.165) is 43.4 Å². The molecule has 0 radical (unpaired) electrons.